The van der Waals surface area contributed by atoms with Crippen LogP contribution in [0.15, 0.2) is 30.3 Å². The molecule has 0 unspecified atom stereocenters. The summed E-state index contributed by atoms with van der Waals surface area (Å²) in [5, 5.41) is 9.56. The van der Waals surface area contributed by atoms with Gasteiger partial charge >= 0.3 is 12.1 Å². The Morgan fingerprint density at radius 3 is 2.48 bits per heavy atom. The van der Waals surface area contributed by atoms with Crippen molar-refractivity contribution in [2.24, 2.45) is 0 Å². The molecule has 0 spiro atoms. The van der Waals surface area contributed by atoms with Crippen LogP contribution in [0.3, 0.4) is 0 Å². The van der Waals surface area contributed by atoms with Gasteiger partial charge in [-0.15, -0.1) is 11.3 Å². The van der Waals surface area contributed by atoms with Crippen LogP contribution >= 0.6 is 22.9 Å². The molecule has 1 N–H and O–H groups in total. The standard InChI is InChI=1S/C19H23ClN2O4S/c1-19(2,3)26-18(25)22(11-7-10-13-8-5-4-6-9-13)12-14-21-15(17(23)24)16(20)27-14/h4-6,8-9H,7,10-12H2,1-3H3,(H,23,24). The highest BCUT2D eigenvalue weighted by Gasteiger charge is 2.24. The number of carboxylic acids is 1. The molecule has 1 amide bonds. The van der Waals surface area contributed by atoms with Crippen molar-refractivity contribution in [3.63, 3.8) is 0 Å². The minimum atomic E-state index is -1.18. The van der Waals surface area contributed by atoms with Crippen molar-refractivity contribution in [1.82, 2.24) is 9.88 Å². The van der Waals surface area contributed by atoms with E-state index in [1.165, 1.54) is 10.5 Å². The molecule has 0 saturated heterocycles. The van der Waals surface area contributed by atoms with Gasteiger partial charge in [0.25, 0.3) is 0 Å². The summed E-state index contributed by atoms with van der Waals surface area (Å²) in [5.41, 5.74) is 0.374. The number of nitrogens with zero attached hydrogens (tertiary/aromatic N) is 2. The van der Waals surface area contributed by atoms with E-state index in [2.05, 4.69) is 4.98 Å². The molecule has 0 bridgehead atoms. The average molecular weight is 411 g/mol. The highest BCUT2D eigenvalue weighted by Crippen LogP contribution is 2.26. The van der Waals surface area contributed by atoms with Crippen LogP contribution in [0, 0.1) is 0 Å². The highest BCUT2D eigenvalue weighted by atomic mass is 35.5. The van der Waals surface area contributed by atoms with E-state index < -0.39 is 17.7 Å². The van der Waals surface area contributed by atoms with Crippen molar-refractivity contribution in [1.29, 1.82) is 0 Å². The molecule has 0 aliphatic heterocycles. The minimum absolute atomic E-state index is 0.103. The van der Waals surface area contributed by atoms with Crippen LogP contribution in [0.1, 0.15) is 48.3 Å². The molecule has 0 fully saturated rings. The van der Waals surface area contributed by atoms with Crippen molar-refractivity contribution >= 4 is 35.0 Å². The lowest BCUT2D eigenvalue weighted by Gasteiger charge is -2.27. The first-order valence-corrected chi connectivity index (χ1v) is 9.75. The molecule has 0 saturated carbocycles. The third-order valence-corrected chi connectivity index (χ3v) is 4.79. The van der Waals surface area contributed by atoms with Gasteiger partial charge in [-0.2, -0.15) is 0 Å². The maximum Gasteiger partial charge on any atom is 0.410 e. The van der Waals surface area contributed by atoms with Crippen molar-refractivity contribution in [2.75, 3.05) is 6.54 Å². The van der Waals surface area contributed by atoms with Gasteiger partial charge in [0.05, 0.1) is 6.54 Å². The molecular weight excluding hydrogens is 388 g/mol. The molecule has 0 radical (unpaired) electrons. The van der Waals surface area contributed by atoms with Crippen LogP contribution in [0.25, 0.3) is 0 Å². The summed E-state index contributed by atoms with van der Waals surface area (Å²) in [6.07, 6.45) is 1.10. The SMILES string of the molecule is CC(C)(C)OC(=O)N(CCCc1ccccc1)Cc1nc(C(=O)O)c(Cl)s1. The fourth-order valence-electron chi connectivity index (χ4n) is 2.39. The number of benzene rings is 1. The number of rotatable bonds is 7. The summed E-state index contributed by atoms with van der Waals surface area (Å²) in [5.74, 6) is -1.18. The number of aryl methyl sites for hydroxylation is 1. The smallest absolute Gasteiger partial charge is 0.410 e. The molecule has 2 rings (SSSR count). The lowest BCUT2D eigenvalue weighted by Crippen LogP contribution is -2.37. The zero-order valence-corrected chi connectivity index (χ0v) is 17.1. The van der Waals surface area contributed by atoms with Crippen LogP contribution in [0.5, 0.6) is 0 Å². The normalized spacial score (nSPS) is 11.3. The number of ether oxygens (including phenoxy) is 1. The molecule has 1 aromatic heterocycles. The van der Waals surface area contributed by atoms with Gasteiger partial charge < -0.3 is 14.7 Å². The number of amides is 1. The van der Waals surface area contributed by atoms with Gasteiger partial charge in [-0.05, 0) is 39.2 Å². The van der Waals surface area contributed by atoms with Gasteiger partial charge in [-0.3, -0.25) is 0 Å². The van der Waals surface area contributed by atoms with E-state index in [1.807, 2.05) is 30.3 Å². The summed E-state index contributed by atoms with van der Waals surface area (Å²) in [4.78, 5) is 29.3. The summed E-state index contributed by atoms with van der Waals surface area (Å²) in [6.45, 7) is 6.02. The largest absolute Gasteiger partial charge is 0.476 e. The van der Waals surface area contributed by atoms with E-state index >= 15 is 0 Å². The first-order valence-electron chi connectivity index (χ1n) is 8.56. The average Bonchev–Trinajstić information content (AvgIpc) is 2.94. The van der Waals surface area contributed by atoms with Gasteiger partial charge in [0.1, 0.15) is 14.9 Å². The maximum atomic E-state index is 12.6. The topological polar surface area (TPSA) is 79.7 Å². The Morgan fingerprint density at radius 1 is 1.26 bits per heavy atom. The van der Waals surface area contributed by atoms with Crippen molar-refractivity contribution < 1.29 is 19.4 Å². The number of halogens is 1. The lowest BCUT2D eigenvalue weighted by molar-refractivity contribution is 0.0231. The number of aromatic nitrogens is 1. The molecule has 27 heavy (non-hydrogen) atoms. The van der Waals surface area contributed by atoms with E-state index in [9.17, 15) is 9.59 Å². The van der Waals surface area contributed by atoms with Gasteiger partial charge in [-0.1, -0.05) is 41.9 Å². The van der Waals surface area contributed by atoms with Crippen molar-refractivity contribution in [3.8, 4) is 0 Å². The van der Waals surface area contributed by atoms with Crippen LogP contribution in [-0.2, 0) is 17.7 Å². The Balaban J connectivity index is 2.07. The van der Waals surface area contributed by atoms with Gasteiger partial charge in [0.15, 0.2) is 5.69 Å². The Morgan fingerprint density at radius 2 is 1.93 bits per heavy atom. The highest BCUT2D eigenvalue weighted by molar-refractivity contribution is 7.16. The van der Waals surface area contributed by atoms with E-state index in [0.717, 1.165) is 24.2 Å². The van der Waals surface area contributed by atoms with Crippen LogP contribution in [-0.4, -0.2) is 39.2 Å². The van der Waals surface area contributed by atoms with Crippen molar-refractivity contribution in [3.05, 3.63) is 50.9 Å². The zero-order chi connectivity index (χ0) is 20.0. The second kappa shape index (κ2) is 9.19. The third-order valence-electron chi connectivity index (χ3n) is 3.55. The maximum absolute atomic E-state index is 12.6. The molecule has 0 aliphatic carbocycles. The molecule has 1 heterocycles. The molecule has 0 atom stereocenters. The third kappa shape index (κ3) is 6.84. The van der Waals surface area contributed by atoms with Crippen molar-refractivity contribution in [2.45, 2.75) is 45.8 Å². The molecule has 146 valence electrons. The molecular formula is C19H23ClN2O4S. The zero-order valence-electron chi connectivity index (χ0n) is 15.6. The number of hydrogen-bond donors (Lipinski definition) is 1. The van der Waals surface area contributed by atoms with Crippen LogP contribution in [0.4, 0.5) is 4.79 Å². The molecule has 8 heteroatoms. The minimum Gasteiger partial charge on any atom is -0.476 e. The van der Waals surface area contributed by atoms with Crippen LogP contribution in [0.2, 0.25) is 4.34 Å². The van der Waals surface area contributed by atoms with E-state index in [4.69, 9.17) is 21.4 Å². The Labute approximate surface area is 167 Å². The second-order valence-corrected chi connectivity index (χ2v) is 8.71. The van der Waals surface area contributed by atoms with E-state index in [0.29, 0.717) is 11.6 Å². The number of carbonyl (C=O) groups is 2. The number of thiazole rings is 1. The molecule has 0 aliphatic rings. The summed E-state index contributed by atoms with van der Waals surface area (Å²) >= 11 is 6.99. The van der Waals surface area contributed by atoms with E-state index in [-0.39, 0.29) is 16.6 Å². The van der Waals surface area contributed by atoms with Gasteiger partial charge in [-0.25, -0.2) is 14.6 Å². The van der Waals surface area contributed by atoms with Gasteiger partial charge in [0.2, 0.25) is 0 Å². The number of carbonyl (C=O) groups excluding carboxylic acids is 1. The van der Waals surface area contributed by atoms with E-state index in [1.54, 1.807) is 20.8 Å². The first-order chi connectivity index (χ1) is 12.7. The predicted molar refractivity (Wildman–Crippen MR) is 105 cm³/mol. The monoisotopic (exact) mass is 410 g/mol. The Hall–Kier alpha value is -2.12. The summed E-state index contributed by atoms with van der Waals surface area (Å²) < 4.78 is 5.58. The number of carboxylic acid groups (broad SMARTS) is 1. The molecule has 2 aromatic rings. The Bertz CT molecular complexity index is 787. The number of hydrogen-bond acceptors (Lipinski definition) is 5. The quantitative estimate of drug-likeness (QED) is 0.704. The fraction of sp³-hybridized carbons (Fsp3) is 0.421. The lowest BCUT2D eigenvalue weighted by atomic mass is 10.1. The molecule has 1 aromatic carbocycles. The second-order valence-electron chi connectivity index (χ2n) is 7.03. The first kappa shape index (κ1) is 21.2. The summed E-state index contributed by atoms with van der Waals surface area (Å²) in [6, 6.07) is 10.00. The summed E-state index contributed by atoms with van der Waals surface area (Å²) in [7, 11) is 0. The Kier molecular flexibility index (Phi) is 7.21. The van der Waals surface area contributed by atoms with Crippen LogP contribution < -0.4 is 0 Å². The predicted octanol–water partition coefficient (Wildman–Crippen LogP) is 4.86. The van der Waals surface area contributed by atoms with Gasteiger partial charge in [0, 0.05) is 6.54 Å². The number of aromatic carboxylic acids is 1. The fourth-order valence-corrected chi connectivity index (χ4v) is 3.57. The molecule has 6 nitrogen and oxygen atoms in total.